The summed E-state index contributed by atoms with van der Waals surface area (Å²) >= 11 is 5.77. The number of hydrogen-bond donors (Lipinski definition) is 1. The topological polar surface area (TPSA) is 28.2 Å². The summed E-state index contributed by atoms with van der Waals surface area (Å²) in [4.78, 5) is 6.54. The number of pyridine rings is 1. The van der Waals surface area contributed by atoms with Crippen LogP contribution in [0.4, 0.5) is 5.69 Å². The van der Waals surface area contributed by atoms with E-state index in [0.29, 0.717) is 11.2 Å². The number of anilines is 1. The molecular formula is C11H14ClN3. The number of aromatic nitrogens is 1. The van der Waals surface area contributed by atoms with Crippen LogP contribution in [0.25, 0.3) is 0 Å². The zero-order valence-corrected chi connectivity index (χ0v) is 9.24. The van der Waals surface area contributed by atoms with E-state index in [2.05, 4.69) is 21.3 Å². The molecule has 0 bridgehead atoms. The van der Waals surface area contributed by atoms with Crippen LogP contribution in [0.2, 0.25) is 5.15 Å². The summed E-state index contributed by atoms with van der Waals surface area (Å²) in [7, 11) is 0. The summed E-state index contributed by atoms with van der Waals surface area (Å²) in [5, 5.41) is 4.01. The highest BCUT2D eigenvalue weighted by molar-refractivity contribution is 6.29. The van der Waals surface area contributed by atoms with E-state index in [4.69, 9.17) is 11.6 Å². The molecule has 0 spiro atoms. The highest BCUT2D eigenvalue weighted by atomic mass is 35.5. The van der Waals surface area contributed by atoms with Gasteiger partial charge in [0.1, 0.15) is 5.15 Å². The second-order valence-electron chi connectivity index (χ2n) is 4.31. The molecule has 1 aromatic heterocycles. The lowest BCUT2D eigenvalue weighted by Crippen LogP contribution is -2.63. The average molecular weight is 224 g/mol. The predicted octanol–water partition coefficient (Wildman–Crippen LogP) is 1.53. The minimum atomic E-state index is 0.567. The first-order chi connectivity index (χ1) is 7.34. The Morgan fingerprint density at radius 1 is 1.47 bits per heavy atom. The van der Waals surface area contributed by atoms with Gasteiger partial charge in [0.05, 0.1) is 11.9 Å². The van der Waals surface area contributed by atoms with Crippen LogP contribution >= 0.6 is 11.6 Å². The van der Waals surface area contributed by atoms with Gasteiger partial charge in [-0.1, -0.05) is 11.6 Å². The molecule has 1 N–H and O–H groups in total. The summed E-state index contributed by atoms with van der Waals surface area (Å²) in [5.74, 6) is 0.877. The highest BCUT2D eigenvalue weighted by Crippen LogP contribution is 2.34. The Balaban J connectivity index is 1.76. The van der Waals surface area contributed by atoms with Crippen molar-refractivity contribution >= 4 is 17.3 Å². The quantitative estimate of drug-likeness (QED) is 0.732. The van der Waals surface area contributed by atoms with Crippen LogP contribution in [-0.4, -0.2) is 30.7 Å². The van der Waals surface area contributed by atoms with E-state index in [1.807, 2.05) is 12.3 Å². The van der Waals surface area contributed by atoms with Crippen LogP contribution in [0.3, 0.4) is 0 Å². The van der Waals surface area contributed by atoms with E-state index in [1.54, 1.807) is 0 Å². The van der Waals surface area contributed by atoms with Gasteiger partial charge in [0, 0.05) is 19.1 Å². The Bertz CT molecular complexity index is 351. The number of piperidine rings is 1. The Labute approximate surface area is 94.4 Å². The van der Waals surface area contributed by atoms with E-state index in [-0.39, 0.29) is 0 Å². The maximum atomic E-state index is 5.77. The molecule has 2 atom stereocenters. The Morgan fingerprint density at radius 2 is 2.40 bits per heavy atom. The summed E-state index contributed by atoms with van der Waals surface area (Å²) in [5.41, 5.74) is 1.20. The molecule has 4 heteroatoms. The van der Waals surface area contributed by atoms with Crippen LogP contribution < -0.4 is 10.2 Å². The molecule has 0 saturated carbocycles. The predicted molar refractivity (Wildman–Crippen MR) is 61.4 cm³/mol. The molecule has 1 aromatic rings. The van der Waals surface area contributed by atoms with Crippen LogP contribution in [0, 0.1) is 5.92 Å². The molecule has 0 aliphatic carbocycles. The van der Waals surface area contributed by atoms with E-state index >= 15 is 0 Å². The lowest BCUT2D eigenvalue weighted by Gasteiger charge is -2.52. The SMILES string of the molecule is Clc1ccc(N2C[C@H]3CCNC[C@H]32)cn1. The largest absolute Gasteiger partial charge is 0.365 e. The zero-order valence-electron chi connectivity index (χ0n) is 8.49. The van der Waals surface area contributed by atoms with Gasteiger partial charge in [-0.25, -0.2) is 4.98 Å². The van der Waals surface area contributed by atoms with E-state index in [1.165, 1.54) is 25.2 Å². The number of rotatable bonds is 1. The first-order valence-electron chi connectivity index (χ1n) is 5.43. The number of nitrogens with one attached hydrogen (secondary N) is 1. The van der Waals surface area contributed by atoms with Gasteiger partial charge in [0.25, 0.3) is 0 Å². The Hall–Kier alpha value is -0.800. The molecule has 0 amide bonds. The monoisotopic (exact) mass is 223 g/mol. The Kier molecular flexibility index (Phi) is 2.29. The molecule has 2 fully saturated rings. The van der Waals surface area contributed by atoms with Crippen LogP contribution in [0.5, 0.6) is 0 Å². The van der Waals surface area contributed by atoms with Gasteiger partial charge < -0.3 is 10.2 Å². The maximum absolute atomic E-state index is 5.77. The van der Waals surface area contributed by atoms with Crippen molar-refractivity contribution < 1.29 is 0 Å². The zero-order chi connectivity index (χ0) is 10.3. The van der Waals surface area contributed by atoms with E-state index in [9.17, 15) is 0 Å². The second kappa shape index (κ2) is 3.65. The molecule has 3 rings (SSSR count). The molecule has 3 nitrogen and oxygen atoms in total. The molecule has 15 heavy (non-hydrogen) atoms. The van der Waals surface area contributed by atoms with Crippen molar-refractivity contribution in [1.82, 2.24) is 10.3 Å². The third-order valence-electron chi connectivity index (χ3n) is 3.46. The maximum Gasteiger partial charge on any atom is 0.129 e. The molecule has 2 aliphatic rings. The minimum Gasteiger partial charge on any atom is -0.365 e. The fraction of sp³-hybridized carbons (Fsp3) is 0.545. The van der Waals surface area contributed by atoms with Gasteiger partial charge in [-0.15, -0.1) is 0 Å². The third-order valence-corrected chi connectivity index (χ3v) is 3.69. The first kappa shape index (κ1) is 9.43. The summed E-state index contributed by atoms with van der Waals surface area (Å²) in [6.45, 7) is 3.46. The van der Waals surface area contributed by atoms with Crippen LogP contribution in [-0.2, 0) is 0 Å². The lowest BCUT2D eigenvalue weighted by atomic mass is 9.83. The van der Waals surface area contributed by atoms with Gasteiger partial charge in [-0.05, 0) is 31.0 Å². The first-order valence-corrected chi connectivity index (χ1v) is 5.81. The van der Waals surface area contributed by atoms with Gasteiger partial charge >= 0.3 is 0 Å². The molecule has 2 aliphatic heterocycles. The molecule has 80 valence electrons. The van der Waals surface area contributed by atoms with Crippen molar-refractivity contribution in [2.45, 2.75) is 12.5 Å². The van der Waals surface area contributed by atoms with Crippen molar-refractivity contribution in [2.75, 3.05) is 24.5 Å². The molecule has 2 saturated heterocycles. The van der Waals surface area contributed by atoms with Crippen molar-refractivity contribution in [3.8, 4) is 0 Å². The number of hydrogen-bond acceptors (Lipinski definition) is 3. The van der Waals surface area contributed by atoms with E-state index < -0.39 is 0 Å². The van der Waals surface area contributed by atoms with Gasteiger partial charge in [-0.2, -0.15) is 0 Å². The summed E-state index contributed by atoms with van der Waals surface area (Å²) in [6.07, 6.45) is 3.18. The highest BCUT2D eigenvalue weighted by Gasteiger charge is 2.40. The average Bonchev–Trinajstić information content (AvgIpc) is 2.23. The van der Waals surface area contributed by atoms with Crippen molar-refractivity contribution in [3.05, 3.63) is 23.5 Å². The van der Waals surface area contributed by atoms with Crippen molar-refractivity contribution in [3.63, 3.8) is 0 Å². The second-order valence-corrected chi connectivity index (χ2v) is 4.70. The fourth-order valence-corrected chi connectivity index (χ4v) is 2.67. The third kappa shape index (κ3) is 1.60. The van der Waals surface area contributed by atoms with Gasteiger partial charge in [0.2, 0.25) is 0 Å². The Morgan fingerprint density at radius 3 is 3.13 bits per heavy atom. The lowest BCUT2D eigenvalue weighted by molar-refractivity contribution is 0.229. The van der Waals surface area contributed by atoms with E-state index in [0.717, 1.165) is 12.5 Å². The number of halogens is 1. The molecule has 0 radical (unpaired) electrons. The normalized spacial score (nSPS) is 29.5. The van der Waals surface area contributed by atoms with Gasteiger partial charge in [-0.3, -0.25) is 0 Å². The van der Waals surface area contributed by atoms with Gasteiger partial charge in [0.15, 0.2) is 0 Å². The number of nitrogens with zero attached hydrogens (tertiary/aromatic N) is 2. The molecule has 0 unspecified atom stereocenters. The standard InChI is InChI=1S/C11H14ClN3/c12-11-2-1-9(5-14-11)15-7-8-3-4-13-6-10(8)15/h1-2,5,8,10,13H,3-4,6-7H2/t8-,10-/m1/s1. The smallest absolute Gasteiger partial charge is 0.129 e. The molecule has 0 aromatic carbocycles. The summed E-state index contributed by atoms with van der Waals surface area (Å²) < 4.78 is 0. The van der Waals surface area contributed by atoms with Crippen molar-refractivity contribution in [2.24, 2.45) is 5.92 Å². The number of fused-ring (bicyclic) bond motifs is 1. The fourth-order valence-electron chi connectivity index (χ4n) is 2.56. The van der Waals surface area contributed by atoms with Crippen molar-refractivity contribution in [1.29, 1.82) is 0 Å². The van der Waals surface area contributed by atoms with Crippen LogP contribution in [0.15, 0.2) is 18.3 Å². The minimum absolute atomic E-state index is 0.567. The van der Waals surface area contributed by atoms with Crippen LogP contribution in [0.1, 0.15) is 6.42 Å². The molecule has 3 heterocycles. The molecular weight excluding hydrogens is 210 g/mol. The summed E-state index contributed by atoms with van der Waals surface area (Å²) in [6, 6.07) is 4.59.